The number of nitrogens with one attached hydrogen (secondary N) is 1. The zero-order valence-corrected chi connectivity index (χ0v) is 8.68. The van der Waals surface area contributed by atoms with Crippen molar-refractivity contribution in [2.75, 3.05) is 11.9 Å². The fourth-order valence-corrected chi connectivity index (χ4v) is 1.27. The first-order valence-electron chi connectivity index (χ1n) is 4.84. The largest absolute Gasteiger partial charge is 0.481 e. The molecule has 4 N–H and O–H groups in total. The Hall–Kier alpha value is -2.06. The Morgan fingerprint density at radius 2 is 2.25 bits per heavy atom. The number of benzene rings is 1. The summed E-state index contributed by atoms with van der Waals surface area (Å²) >= 11 is 0. The molecule has 0 aliphatic carbocycles. The lowest BCUT2D eigenvalue weighted by Gasteiger charge is -2.12. The zero-order chi connectivity index (χ0) is 12.0. The van der Waals surface area contributed by atoms with E-state index in [0.29, 0.717) is 17.8 Å². The highest BCUT2D eigenvalue weighted by atomic mass is 16.4. The number of carboxylic acid groups (broad SMARTS) is 1. The molecule has 0 saturated carbocycles. The molecule has 0 amide bonds. The molecule has 0 aliphatic heterocycles. The molecule has 0 saturated heterocycles. The maximum absolute atomic E-state index is 10.4. The van der Waals surface area contributed by atoms with E-state index < -0.39 is 12.0 Å². The molecule has 1 atom stereocenters. The number of anilines is 1. The normalized spacial score (nSPS) is 11.5. The van der Waals surface area contributed by atoms with E-state index >= 15 is 0 Å². The number of nitrogens with zero attached hydrogens (tertiary/aromatic N) is 1. The molecule has 0 bridgehead atoms. The van der Waals surface area contributed by atoms with Crippen LogP contribution >= 0.6 is 0 Å². The lowest BCUT2D eigenvalue weighted by atomic mass is 10.1. The molecule has 1 rings (SSSR count). The van der Waals surface area contributed by atoms with Crippen LogP contribution in [0.15, 0.2) is 24.3 Å². The Morgan fingerprint density at radius 1 is 1.56 bits per heavy atom. The van der Waals surface area contributed by atoms with Crippen LogP contribution in [-0.4, -0.2) is 23.7 Å². The summed E-state index contributed by atoms with van der Waals surface area (Å²) in [6, 6.07) is 8.58. The molecule has 0 aliphatic rings. The first-order chi connectivity index (χ1) is 7.63. The first-order valence-corrected chi connectivity index (χ1v) is 4.84. The second-order valence-electron chi connectivity index (χ2n) is 3.40. The van der Waals surface area contributed by atoms with Gasteiger partial charge in [-0.15, -0.1) is 0 Å². The molecule has 1 aromatic rings. The third-order valence-corrected chi connectivity index (χ3v) is 2.04. The van der Waals surface area contributed by atoms with E-state index in [1.165, 1.54) is 0 Å². The molecule has 1 aromatic carbocycles. The lowest BCUT2D eigenvalue weighted by Crippen LogP contribution is -2.31. The van der Waals surface area contributed by atoms with Gasteiger partial charge >= 0.3 is 5.97 Å². The molecule has 1 unspecified atom stereocenters. The topological polar surface area (TPSA) is 99.1 Å². The predicted molar refractivity (Wildman–Crippen MR) is 59.9 cm³/mol. The van der Waals surface area contributed by atoms with E-state index in [1.807, 2.05) is 6.07 Å². The van der Waals surface area contributed by atoms with Crippen molar-refractivity contribution in [1.29, 1.82) is 5.26 Å². The van der Waals surface area contributed by atoms with Gasteiger partial charge in [-0.1, -0.05) is 12.1 Å². The quantitative estimate of drug-likeness (QED) is 0.679. The van der Waals surface area contributed by atoms with Crippen molar-refractivity contribution < 1.29 is 9.90 Å². The molecule has 5 heteroatoms. The van der Waals surface area contributed by atoms with E-state index in [4.69, 9.17) is 16.1 Å². The fourth-order valence-electron chi connectivity index (χ4n) is 1.27. The molecule has 0 fully saturated rings. The minimum absolute atomic E-state index is 0.0955. The molecule has 0 radical (unpaired) electrons. The second-order valence-corrected chi connectivity index (χ2v) is 3.40. The van der Waals surface area contributed by atoms with E-state index in [9.17, 15) is 4.79 Å². The third kappa shape index (κ3) is 3.59. The fraction of sp³-hybridized carbons (Fsp3) is 0.273. The van der Waals surface area contributed by atoms with Crippen LogP contribution in [0.25, 0.3) is 0 Å². The highest BCUT2D eigenvalue weighted by Gasteiger charge is 2.08. The Labute approximate surface area is 93.5 Å². The van der Waals surface area contributed by atoms with Gasteiger partial charge in [-0.2, -0.15) is 5.26 Å². The van der Waals surface area contributed by atoms with Crippen LogP contribution in [0.3, 0.4) is 0 Å². The van der Waals surface area contributed by atoms with Crippen LogP contribution in [-0.2, 0) is 4.79 Å². The Balaban J connectivity index is 2.55. The predicted octanol–water partition coefficient (Wildman–Crippen LogP) is 0.772. The van der Waals surface area contributed by atoms with Gasteiger partial charge in [0.1, 0.15) is 6.07 Å². The Bertz CT molecular complexity index is 412. The van der Waals surface area contributed by atoms with Crippen LogP contribution in [0.5, 0.6) is 0 Å². The summed E-state index contributed by atoms with van der Waals surface area (Å²) in [7, 11) is 0. The Kier molecular flexibility index (Phi) is 4.30. The summed E-state index contributed by atoms with van der Waals surface area (Å²) in [5, 5.41) is 20.3. The Morgan fingerprint density at radius 3 is 2.88 bits per heavy atom. The van der Waals surface area contributed by atoms with Crippen molar-refractivity contribution >= 4 is 11.7 Å². The van der Waals surface area contributed by atoms with E-state index in [2.05, 4.69) is 5.32 Å². The van der Waals surface area contributed by atoms with Gasteiger partial charge < -0.3 is 16.2 Å². The number of aliphatic carboxylic acids is 1. The number of hydrogen-bond donors (Lipinski definition) is 3. The van der Waals surface area contributed by atoms with Gasteiger partial charge in [-0.05, 0) is 12.1 Å². The maximum Gasteiger partial charge on any atom is 0.304 e. The number of para-hydroxylation sites is 1. The zero-order valence-electron chi connectivity index (χ0n) is 8.68. The summed E-state index contributed by atoms with van der Waals surface area (Å²) in [6.07, 6.45) is -0.0955. The number of rotatable bonds is 5. The average Bonchev–Trinajstić information content (AvgIpc) is 2.26. The van der Waals surface area contributed by atoms with Crippen LogP contribution in [0.4, 0.5) is 5.69 Å². The maximum atomic E-state index is 10.4. The monoisotopic (exact) mass is 219 g/mol. The van der Waals surface area contributed by atoms with Crippen molar-refractivity contribution in [3.8, 4) is 6.07 Å². The van der Waals surface area contributed by atoms with Crippen LogP contribution in [0.2, 0.25) is 0 Å². The van der Waals surface area contributed by atoms with Crippen LogP contribution in [0, 0.1) is 11.3 Å². The van der Waals surface area contributed by atoms with Crippen molar-refractivity contribution in [3.63, 3.8) is 0 Å². The molecule has 0 heterocycles. The van der Waals surface area contributed by atoms with Gasteiger partial charge in [0.2, 0.25) is 0 Å². The number of nitrogens with two attached hydrogens (primary N) is 1. The summed E-state index contributed by atoms with van der Waals surface area (Å²) in [5.74, 6) is -0.928. The number of carboxylic acids is 1. The number of nitriles is 1. The van der Waals surface area contributed by atoms with Gasteiger partial charge in [-0.3, -0.25) is 4.79 Å². The highest BCUT2D eigenvalue weighted by molar-refractivity contribution is 5.67. The molecule has 84 valence electrons. The van der Waals surface area contributed by atoms with E-state index in [0.717, 1.165) is 0 Å². The SMILES string of the molecule is N#Cc1ccccc1NCC(N)CC(=O)O. The average molecular weight is 219 g/mol. The summed E-state index contributed by atoms with van der Waals surface area (Å²) in [5.41, 5.74) is 6.78. The molecule has 16 heavy (non-hydrogen) atoms. The van der Waals surface area contributed by atoms with Gasteiger partial charge in [0.25, 0.3) is 0 Å². The second kappa shape index (κ2) is 5.73. The summed E-state index contributed by atoms with van der Waals surface area (Å²) < 4.78 is 0. The molecule has 0 spiro atoms. The van der Waals surface area contributed by atoms with E-state index in [-0.39, 0.29) is 6.42 Å². The van der Waals surface area contributed by atoms with Crippen molar-refractivity contribution in [1.82, 2.24) is 0 Å². The lowest BCUT2D eigenvalue weighted by molar-refractivity contribution is -0.137. The van der Waals surface area contributed by atoms with Crippen LogP contribution < -0.4 is 11.1 Å². The van der Waals surface area contributed by atoms with Crippen molar-refractivity contribution in [3.05, 3.63) is 29.8 Å². The molecular formula is C11H13N3O2. The van der Waals surface area contributed by atoms with Gasteiger partial charge in [0.05, 0.1) is 17.7 Å². The minimum Gasteiger partial charge on any atom is -0.481 e. The van der Waals surface area contributed by atoms with Crippen molar-refractivity contribution in [2.24, 2.45) is 5.73 Å². The number of hydrogen-bond acceptors (Lipinski definition) is 4. The summed E-state index contributed by atoms with van der Waals surface area (Å²) in [6.45, 7) is 0.324. The number of carbonyl (C=O) groups is 1. The highest BCUT2D eigenvalue weighted by Crippen LogP contribution is 2.13. The van der Waals surface area contributed by atoms with Gasteiger partial charge in [0, 0.05) is 12.6 Å². The van der Waals surface area contributed by atoms with Crippen molar-refractivity contribution in [2.45, 2.75) is 12.5 Å². The third-order valence-electron chi connectivity index (χ3n) is 2.04. The molecule has 5 nitrogen and oxygen atoms in total. The molecular weight excluding hydrogens is 206 g/mol. The molecule has 0 aromatic heterocycles. The standard InChI is InChI=1S/C11H13N3O2/c12-6-8-3-1-2-4-10(8)14-7-9(13)5-11(15)16/h1-4,9,14H,5,7,13H2,(H,15,16). The van der Waals surface area contributed by atoms with E-state index in [1.54, 1.807) is 24.3 Å². The van der Waals surface area contributed by atoms with Gasteiger partial charge in [-0.25, -0.2) is 0 Å². The van der Waals surface area contributed by atoms with Gasteiger partial charge in [0.15, 0.2) is 0 Å². The summed E-state index contributed by atoms with van der Waals surface area (Å²) in [4.78, 5) is 10.4. The first kappa shape index (κ1) is 12.0. The van der Waals surface area contributed by atoms with Crippen LogP contribution in [0.1, 0.15) is 12.0 Å². The smallest absolute Gasteiger partial charge is 0.304 e. The minimum atomic E-state index is -0.928.